The van der Waals surface area contributed by atoms with Crippen molar-refractivity contribution in [2.75, 3.05) is 0 Å². The van der Waals surface area contributed by atoms with Gasteiger partial charge >= 0.3 is 0 Å². The Balaban J connectivity index is 2.04. The average Bonchev–Trinajstić information content (AvgIpc) is 2.77. The smallest absolute Gasteiger partial charge is 0.226 e. The van der Waals surface area contributed by atoms with Crippen molar-refractivity contribution in [2.45, 2.75) is 91.0 Å². The highest BCUT2D eigenvalue weighted by Crippen LogP contribution is 2.34. The number of likely N-dealkylation sites (tertiary alicyclic amines) is 1. The monoisotopic (exact) mass is 281 g/mol. The lowest BCUT2D eigenvalue weighted by Crippen LogP contribution is -2.46. The van der Waals surface area contributed by atoms with E-state index in [9.17, 15) is 4.79 Å². The maximum Gasteiger partial charge on any atom is 0.226 e. The predicted molar refractivity (Wildman–Crippen MR) is 81.5 cm³/mol. The molecule has 1 amide bonds. The zero-order valence-electron chi connectivity index (χ0n) is 13.8. The van der Waals surface area contributed by atoms with Crippen LogP contribution in [0.15, 0.2) is 0 Å². The van der Waals surface area contributed by atoms with Gasteiger partial charge in [0.25, 0.3) is 0 Å². The van der Waals surface area contributed by atoms with E-state index >= 15 is 0 Å². The van der Waals surface area contributed by atoms with E-state index in [2.05, 4.69) is 39.5 Å². The summed E-state index contributed by atoms with van der Waals surface area (Å²) in [5, 5.41) is 0. The predicted octanol–water partition coefficient (Wildman–Crippen LogP) is 3.62. The zero-order chi connectivity index (χ0) is 14.9. The van der Waals surface area contributed by atoms with Crippen molar-refractivity contribution >= 4 is 5.91 Å². The number of carbonyl (C=O) groups excluding carboxylic acids is 1. The fourth-order valence-electron chi connectivity index (χ4n) is 4.17. The van der Waals surface area contributed by atoms with Crippen molar-refractivity contribution in [3.8, 4) is 0 Å². The Hall–Kier alpha value is -0.570. The van der Waals surface area contributed by atoms with Crippen molar-refractivity contribution in [1.82, 2.24) is 4.90 Å². The summed E-state index contributed by atoms with van der Waals surface area (Å²) >= 11 is 0. The molecule has 3 nitrogen and oxygen atoms in total. The second-order valence-electron chi connectivity index (χ2n) is 7.01. The van der Waals surface area contributed by atoms with Gasteiger partial charge in [0.05, 0.1) is 12.2 Å². The van der Waals surface area contributed by atoms with Gasteiger partial charge < -0.3 is 9.64 Å². The number of hydrogen-bond acceptors (Lipinski definition) is 2. The third-order valence-electron chi connectivity index (χ3n) is 5.34. The van der Waals surface area contributed by atoms with Crippen LogP contribution in [-0.2, 0) is 9.53 Å². The van der Waals surface area contributed by atoms with Crippen LogP contribution in [0.3, 0.4) is 0 Å². The van der Waals surface area contributed by atoms with Crippen LogP contribution in [0.1, 0.15) is 66.7 Å². The maximum absolute atomic E-state index is 12.9. The molecular weight excluding hydrogens is 250 g/mol. The summed E-state index contributed by atoms with van der Waals surface area (Å²) in [6.45, 7) is 10.8. The molecule has 0 aromatic carbocycles. The Morgan fingerprint density at radius 3 is 2.35 bits per heavy atom. The first-order chi connectivity index (χ1) is 9.43. The molecule has 2 heterocycles. The summed E-state index contributed by atoms with van der Waals surface area (Å²) in [6, 6.07) is 0.888. The summed E-state index contributed by atoms with van der Waals surface area (Å²) < 4.78 is 5.81. The molecule has 0 spiro atoms. The standard InChI is InChI=1S/C17H31NO2/c1-6-16-8-7-11(2)18(16)17(19)14(5)15-9-12(3)20-13(4)10-15/h11-16H,6-10H2,1-5H3. The third kappa shape index (κ3) is 3.19. The number of carbonyl (C=O) groups is 1. The molecule has 0 saturated carbocycles. The molecule has 0 aromatic heterocycles. The molecule has 2 aliphatic heterocycles. The van der Waals surface area contributed by atoms with Gasteiger partial charge in [0.1, 0.15) is 0 Å². The molecule has 0 aliphatic carbocycles. The minimum absolute atomic E-state index is 0.137. The van der Waals surface area contributed by atoms with E-state index in [1.54, 1.807) is 0 Å². The Morgan fingerprint density at radius 2 is 1.80 bits per heavy atom. The van der Waals surface area contributed by atoms with Gasteiger partial charge in [-0.15, -0.1) is 0 Å². The first kappa shape index (κ1) is 15.8. The number of amides is 1. The van der Waals surface area contributed by atoms with E-state index in [0.717, 1.165) is 25.7 Å². The normalized spacial score (nSPS) is 39.9. The molecule has 0 aromatic rings. The van der Waals surface area contributed by atoms with Crippen LogP contribution in [0.25, 0.3) is 0 Å². The lowest BCUT2D eigenvalue weighted by molar-refractivity contribution is -0.142. The number of hydrogen-bond donors (Lipinski definition) is 0. The zero-order valence-corrected chi connectivity index (χ0v) is 13.8. The van der Waals surface area contributed by atoms with Gasteiger partial charge in [-0.05, 0) is 58.8 Å². The first-order valence-corrected chi connectivity index (χ1v) is 8.41. The van der Waals surface area contributed by atoms with E-state index in [0.29, 0.717) is 23.9 Å². The minimum atomic E-state index is 0.137. The molecule has 0 radical (unpaired) electrons. The van der Waals surface area contributed by atoms with Crippen LogP contribution in [0.5, 0.6) is 0 Å². The highest BCUT2D eigenvalue weighted by molar-refractivity contribution is 5.79. The van der Waals surface area contributed by atoms with Crippen LogP contribution in [0, 0.1) is 11.8 Å². The second-order valence-corrected chi connectivity index (χ2v) is 7.01. The third-order valence-corrected chi connectivity index (χ3v) is 5.34. The van der Waals surface area contributed by atoms with Gasteiger partial charge in [-0.1, -0.05) is 13.8 Å². The molecule has 116 valence electrons. The van der Waals surface area contributed by atoms with Crippen LogP contribution < -0.4 is 0 Å². The van der Waals surface area contributed by atoms with Crippen LogP contribution in [-0.4, -0.2) is 35.1 Å². The average molecular weight is 281 g/mol. The van der Waals surface area contributed by atoms with Gasteiger partial charge in [0.2, 0.25) is 5.91 Å². The highest BCUT2D eigenvalue weighted by Gasteiger charge is 2.39. The molecule has 5 atom stereocenters. The van der Waals surface area contributed by atoms with E-state index in [4.69, 9.17) is 4.74 Å². The lowest BCUT2D eigenvalue weighted by Gasteiger charge is -2.38. The fraction of sp³-hybridized carbons (Fsp3) is 0.941. The van der Waals surface area contributed by atoms with Gasteiger partial charge in [-0.2, -0.15) is 0 Å². The molecule has 2 saturated heterocycles. The SMILES string of the molecule is CCC1CCC(C)N1C(=O)C(C)C1CC(C)OC(C)C1. The largest absolute Gasteiger partial charge is 0.376 e. The van der Waals surface area contributed by atoms with Gasteiger partial charge in [0.15, 0.2) is 0 Å². The molecule has 3 heteroatoms. The highest BCUT2D eigenvalue weighted by atomic mass is 16.5. The molecule has 5 unspecified atom stereocenters. The Labute approximate surface area is 124 Å². The van der Waals surface area contributed by atoms with E-state index < -0.39 is 0 Å². The van der Waals surface area contributed by atoms with Crippen molar-refractivity contribution in [2.24, 2.45) is 11.8 Å². The lowest BCUT2D eigenvalue weighted by atomic mass is 9.82. The molecule has 20 heavy (non-hydrogen) atoms. The van der Waals surface area contributed by atoms with Crippen LogP contribution in [0.2, 0.25) is 0 Å². The Morgan fingerprint density at radius 1 is 1.20 bits per heavy atom. The van der Waals surface area contributed by atoms with Crippen LogP contribution in [0.4, 0.5) is 0 Å². The molecule has 0 N–H and O–H groups in total. The van der Waals surface area contributed by atoms with Gasteiger partial charge in [-0.3, -0.25) is 4.79 Å². The summed E-state index contributed by atoms with van der Waals surface area (Å²) in [5.74, 6) is 0.998. The van der Waals surface area contributed by atoms with Crippen molar-refractivity contribution in [3.63, 3.8) is 0 Å². The summed E-state index contributed by atoms with van der Waals surface area (Å²) in [5.41, 5.74) is 0. The molecule has 0 bridgehead atoms. The molecule has 2 rings (SSSR count). The van der Waals surface area contributed by atoms with Gasteiger partial charge in [-0.25, -0.2) is 0 Å². The number of ether oxygens (including phenoxy) is 1. The fourth-order valence-corrected chi connectivity index (χ4v) is 4.17. The molecule has 2 fully saturated rings. The van der Waals surface area contributed by atoms with Crippen LogP contribution >= 0.6 is 0 Å². The van der Waals surface area contributed by atoms with Crippen molar-refractivity contribution in [3.05, 3.63) is 0 Å². The Kier molecular flexibility index (Phi) is 5.11. The maximum atomic E-state index is 12.9. The minimum Gasteiger partial charge on any atom is -0.376 e. The number of nitrogens with zero attached hydrogens (tertiary/aromatic N) is 1. The number of rotatable bonds is 3. The van der Waals surface area contributed by atoms with E-state index in [-0.39, 0.29) is 18.1 Å². The van der Waals surface area contributed by atoms with E-state index in [1.807, 2.05) is 0 Å². The summed E-state index contributed by atoms with van der Waals surface area (Å²) in [6.07, 6.45) is 6.05. The topological polar surface area (TPSA) is 29.5 Å². The Bertz CT molecular complexity index is 334. The summed E-state index contributed by atoms with van der Waals surface area (Å²) in [7, 11) is 0. The van der Waals surface area contributed by atoms with Gasteiger partial charge in [0, 0.05) is 18.0 Å². The molecular formula is C17H31NO2. The van der Waals surface area contributed by atoms with Crippen molar-refractivity contribution < 1.29 is 9.53 Å². The second kappa shape index (κ2) is 6.46. The summed E-state index contributed by atoms with van der Waals surface area (Å²) in [4.78, 5) is 15.1. The van der Waals surface area contributed by atoms with Crippen molar-refractivity contribution in [1.29, 1.82) is 0 Å². The van der Waals surface area contributed by atoms with E-state index in [1.165, 1.54) is 6.42 Å². The molecule has 2 aliphatic rings. The first-order valence-electron chi connectivity index (χ1n) is 8.41. The quantitative estimate of drug-likeness (QED) is 0.791.